The molecule has 2 aromatic rings. The molecule has 1 aromatic carbocycles. The van der Waals surface area contributed by atoms with Crippen molar-refractivity contribution < 1.29 is 0 Å². The fraction of sp³-hybridized carbons (Fsp3) is 0.375. The van der Waals surface area contributed by atoms with Crippen LogP contribution < -0.4 is 5.32 Å². The molecule has 0 spiro atoms. The highest BCUT2D eigenvalue weighted by Gasteiger charge is 2.16. The summed E-state index contributed by atoms with van der Waals surface area (Å²) in [7, 11) is 0. The Balaban J connectivity index is 2.32. The van der Waals surface area contributed by atoms with E-state index in [1.54, 1.807) is 0 Å². The highest BCUT2D eigenvalue weighted by Crippen LogP contribution is 2.32. The predicted molar refractivity (Wildman–Crippen MR) is 90.3 cm³/mol. The van der Waals surface area contributed by atoms with Crippen LogP contribution in [0.15, 0.2) is 30.3 Å². The van der Waals surface area contributed by atoms with Crippen molar-refractivity contribution in [2.45, 2.75) is 32.7 Å². The van der Waals surface area contributed by atoms with Crippen molar-refractivity contribution >= 4 is 34.5 Å². The Morgan fingerprint density at radius 2 is 1.90 bits per heavy atom. The minimum atomic E-state index is 0.190. The molecule has 20 heavy (non-hydrogen) atoms. The largest absolute Gasteiger partial charge is 0.306 e. The molecule has 108 valence electrons. The molecule has 0 aliphatic carbocycles. The number of hydrogen-bond acceptors (Lipinski definition) is 2. The zero-order valence-corrected chi connectivity index (χ0v) is 14.1. The predicted octanol–water partition coefficient (Wildman–Crippen LogP) is 5.71. The van der Waals surface area contributed by atoms with E-state index in [0.29, 0.717) is 10.0 Å². The average molecular weight is 328 g/mol. The van der Waals surface area contributed by atoms with Crippen molar-refractivity contribution in [1.82, 2.24) is 5.32 Å². The maximum atomic E-state index is 6.16. The van der Waals surface area contributed by atoms with Crippen LogP contribution in [0, 0.1) is 0 Å². The monoisotopic (exact) mass is 327 g/mol. The lowest BCUT2D eigenvalue weighted by atomic mass is 10.1. The summed E-state index contributed by atoms with van der Waals surface area (Å²) in [5.74, 6) is 0. The molecule has 1 N–H and O–H groups in total. The number of nitrogens with one attached hydrogen (secondary N) is 1. The van der Waals surface area contributed by atoms with Gasteiger partial charge in [-0.25, -0.2) is 0 Å². The Kier molecular flexibility index (Phi) is 5.91. The Morgan fingerprint density at radius 3 is 2.50 bits per heavy atom. The lowest BCUT2D eigenvalue weighted by Crippen LogP contribution is -2.22. The maximum absolute atomic E-state index is 6.16. The molecule has 1 unspecified atom stereocenters. The summed E-state index contributed by atoms with van der Waals surface area (Å²) >= 11 is 14.0. The third-order valence-corrected chi connectivity index (χ3v) is 5.22. The number of hydrogen-bond donors (Lipinski definition) is 1. The molecule has 0 aliphatic heterocycles. The Bertz CT molecular complexity index is 565. The van der Waals surface area contributed by atoms with E-state index in [9.17, 15) is 0 Å². The molecule has 0 amide bonds. The van der Waals surface area contributed by atoms with Gasteiger partial charge in [0.05, 0.1) is 16.1 Å². The third-order valence-electron chi connectivity index (χ3n) is 3.19. The third kappa shape index (κ3) is 3.76. The summed E-state index contributed by atoms with van der Waals surface area (Å²) in [5.41, 5.74) is 1.16. The summed E-state index contributed by atoms with van der Waals surface area (Å²) < 4.78 is 0. The zero-order valence-electron chi connectivity index (χ0n) is 11.7. The lowest BCUT2D eigenvalue weighted by molar-refractivity contribution is 0.606. The van der Waals surface area contributed by atoms with Crippen LogP contribution in [0.25, 0.3) is 0 Å². The van der Waals surface area contributed by atoms with Gasteiger partial charge in [-0.15, -0.1) is 11.3 Å². The number of thiophene rings is 1. The van der Waals surface area contributed by atoms with Gasteiger partial charge in [-0.1, -0.05) is 43.1 Å². The number of rotatable bonds is 6. The Morgan fingerprint density at radius 1 is 1.10 bits per heavy atom. The van der Waals surface area contributed by atoms with E-state index < -0.39 is 0 Å². The molecule has 1 heterocycles. The topological polar surface area (TPSA) is 12.0 Å². The molecule has 1 nitrogen and oxygen atoms in total. The van der Waals surface area contributed by atoms with Gasteiger partial charge in [0.2, 0.25) is 0 Å². The van der Waals surface area contributed by atoms with Crippen LogP contribution in [0.4, 0.5) is 0 Å². The maximum Gasteiger partial charge on any atom is 0.0671 e. The van der Waals surface area contributed by atoms with Gasteiger partial charge in [0.15, 0.2) is 0 Å². The molecular formula is C16H19Cl2NS. The van der Waals surface area contributed by atoms with Crippen molar-refractivity contribution in [1.29, 1.82) is 0 Å². The van der Waals surface area contributed by atoms with Gasteiger partial charge in [-0.05, 0) is 49.2 Å². The first-order valence-corrected chi connectivity index (χ1v) is 8.49. The van der Waals surface area contributed by atoms with Crippen LogP contribution in [-0.2, 0) is 6.42 Å². The summed E-state index contributed by atoms with van der Waals surface area (Å²) in [5, 5.41) is 4.81. The first kappa shape index (κ1) is 15.8. The summed E-state index contributed by atoms with van der Waals surface area (Å²) in [6, 6.07) is 10.5. The van der Waals surface area contributed by atoms with Gasteiger partial charge in [0, 0.05) is 9.75 Å². The zero-order chi connectivity index (χ0) is 14.5. The second kappa shape index (κ2) is 7.46. The SMILES string of the molecule is CCCNC(c1ccc(Cl)c(Cl)c1)c1ccc(CC)s1. The van der Waals surface area contributed by atoms with Crippen LogP contribution in [0.1, 0.15) is 41.6 Å². The molecule has 1 aromatic heterocycles. The van der Waals surface area contributed by atoms with Crippen LogP contribution in [0.5, 0.6) is 0 Å². The highest BCUT2D eigenvalue weighted by molar-refractivity contribution is 7.12. The fourth-order valence-electron chi connectivity index (χ4n) is 2.10. The molecule has 0 fully saturated rings. The van der Waals surface area contributed by atoms with Crippen LogP contribution >= 0.6 is 34.5 Å². The van der Waals surface area contributed by atoms with Gasteiger partial charge in [-0.2, -0.15) is 0 Å². The van der Waals surface area contributed by atoms with E-state index in [1.165, 1.54) is 9.75 Å². The normalized spacial score (nSPS) is 12.6. The van der Waals surface area contributed by atoms with E-state index >= 15 is 0 Å². The Labute approximate surface area is 134 Å². The quantitative estimate of drug-likeness (QED) is 0.716. The number of aryl methyl sites for hydroxylation is 1. The standard InChI is InChI=1S/C16H19Cl2NS/c1-3-9-19-16(15-8-6-12(4-2)20-15)11-5-7-13(17)14(18)10-11/h5-8,10,16,19H,3-4,9H2,1-2H3. The smallest absolute Gasteiger partial charge is 0.0671 e. The van der Waals surface area contributed by atoms with Gasteiger partial charge < -0.3 is 5.32 Å². The van der Waals surface area contributed by atoms with Gasteiger partial charge in [0.1, 0.15) is 0 Å². The summed E-state index contributed by atoms with van der Waals surface area (Å²) in [6.07, 6.45) is 2.18. The molecule has 2 rings (SSSR count). The molecule has 0 bridgehead atoms. The van der Waals surface area contributed by atoms with E-state index in [0.717, 1.165) is 24.9 Å². The molecule has 0 saturated heterocycles. The second-order valence-electron chi connectivity index (χ2n) is 4.72. The van der Waals surface area contributed by atoms with E-state index in [4.69, 9.17) is 23.2 Å². The van der Waals surface area contributed by atoms with Crippen molar-refractivity contribution in [3.63, 3.8) is 0 Å². The van der Waals surface area contributed by atoms with E-state index in [1.807, 2.05) is 29.5 Å². The van der Waals surface area contributed by atoms with Crippen molar-refractivity contribution in [2.75, 3.05) is 6.54 Å². The second-order valence-corrected chi connectivity index (χ2v) is 6.73. The molecule has 1 atom stereocenters. The fourth-order valence-corrected chi connectivity index (χ4v) is 3.47. The molecule has 0 saturated carbocycles. The lowest BCUT2D eigenvalue weighted by Gasteiger charge is -2.18. The van der Waals surface area contributed by atoms with Crippen LogP contribution in [0.3, 0.4) is 0 Å². The van der Waals surface area contributed by atoms with Gasteiger partial charge in [0.25, 0.3) is 0 Å². The van der Waals surface area contributed by atoms with Gasteiger partial charge >= 0.3 is 0 Å². The van der Waals surface area contributed by atoms with Crippen molar-refractivity contribution in [3.8, 4) is 0 Å². The highest BCUT2D eigenvalue weighted by atomic mass is 35.5. The number of benzene rings is 1. The Hall–Kier alpha value is -0.540. The molecule has 0 aliphatic rings. The summed E-state index contributed by atoms with van der Waals surface area (Å²) in [6.45, 7) is 5.33. The molecule has 0 radical (unpaired) electrons. The first-order chi connectivity index (χ1) is 9.65. The minimum absolute atomic E-state index is 0.190. The van der Waals surface area contributed by atoms with Crippen LogP contribution in [-0.4, -0.2) is 6.54 Å². The minimum Gasteiger partial charge on any atom is -0.306 e. The van der Waals surface area contributed by atoms with Gasteiger partial charge in [-0.3, -0.25) is 0 Å². The van der Waals surface area contributed by atoms with Crippen LogP contribution in [0.2, 0.25) is 10.0 Å². The average Bonchev–Trinajstić information content (AvgIpc) is 2.92. The van der Waals surface area contributed by atoms with E-state index in [-0.39, 0.29) is 6.04 Å². The van der Waals surface area contributed by atoms with Crippen molar-refractivity contribution in [3.05, 3.63) is 55.7 Å². The van der Waals surface area contributed by atoms with E-state index in [2.05, 4.69) is 31.3 Å². The molecule has 4 heteroatoms. The summed E-state index contributed by atoms with van der Waals surface area (Å²) in [4.78, 5) is 2.73. The number of halogens is 2. The van der Waals surface area contributed by atoms with Crippen molar-refractivity contribution in [2.24, 2.45) is 0 Å². The first-order valence-electron chi connectivity index (χ1n) is 6.92. The molecular weight excluding hydrogens is 309 g/mol.